The summed E-state index contributed by atoms with van der Waals surface area (Å²) >= 11 is 0. The number of piperazine rings is 1. The molecule has 0 aliphatic carbocycles. The molecule has 134 valence electrons. The van der Waals surface area contributed by atoms with E-state index in [1.807, 2.05) is 25.9 Å². The van der Waals surface area contributed by atoms with E-state index in [-0.39, 0.29) is 12.0 Å². The number of rotatable bonds is 6. The van der Waals surface area contributed by atoms with Crippen molar-refractivity contribution in [2.75, 3.05) is 73.6 Å². The van der Waals surface area contributed by atoms with Gasteiger partial charge < -0.3 is 14.5 Å². The first kappa shape index (κ1) is 18.6. The van der Waals surface area contributed by atoms with Gasteiger partial charge in [-0.05, 0) is 40.9 Å². The van der Waals surface area contributed by atoms with Crippen molar-refractivity contribution in [3.05, 3.63) is 0 Å². The highest BCUT2D eigenvalue weighted by Crippen LogP contribution is 2.20. The van der Waals surface area contributed by atoms with Crippen LogP contribution in [0.4, 0.5) is 0 Å². The minimum Gasteiger partial charge on any atom is -0.463 e. The first-order valence-electron chi connectivity index (χ1n) is 8.95. The number of carbonyl (C=O) groups is 1. The van der Waals surface area contributed by atoms with Gasteiger partial charge in [0, 0.05) is 51.9 Å². The van der Waals surface area contributed by atoms with Crippen molar-refractivity contribution in [1.29, 1.82) is 0 Å². The number of hydrogen-bond donors (Lipinski definition) is 0. The molecule has 0 N–H and O–H groups in total. The Morgan fingerprint density at radius 2 is 1.74 bits per heavy atom. The van der Waals surface area contributed by atoms with E-state index >= 15 is 0 Å². The minimum atomic E-state index is -0.120. The van der Waals surface area contributed by atoms with Gasteiger partial charge in [-0.3, -0.25) is 14.6 Å². The van der Waals surface area contributed by atoms with Gasteiger partial charge in [0.2, 0.25) is 0 Å². The first-order valence-corrected chi connectivity index (χ1v) is 8.95. The largest absolute Gasteiger partial charge is 0.463 e. The molecule has 1 unspecified atom stereocenters. The standard InChI is InChI=1S/C17H34N4O2/c1-15(17(22)23-14-13-18(2)3)20-7-5-16(6-8-20)21-11-9-19(4)10-12-21/h15-16H,5-14H2,1-4H3. The molecule has 2 rings (SSSR count). The minimum absolute atomic E-state index is 0.0788. The lowest BCUT2D eigenvalue weighted by atomic mass is 10.0. The summed E-state index contributed by atoms with van der Waals surface area (Å²) in [4.78, 5) is 21.5. The van der Waals surface area contributed by atoms with Crippen LogP contribution in [0.1, 0.15) is 19.8 Å². The fourth-order valence-electron chi connectivity index (χ4n) is 3.42. The second kappa shape index (κ2) is 8.97. The quantitative estimate of drug-likeness (QED) is 0.649. The van der Waals surface area contributed by atoms with Crippen LogP contribution >= 0.6 is 0 Å². The van der Waals surface area contributed by atoms with Crippen LogP contribution in [0.3, 0.4) is 0 Å². The van der Waals surface area contributed by atoms with Gasteiger partial charge in [-0.15, -0.1) is 0 Å². The SMILES string of the molecule is CC(C(=O)OCCN(C)C)N1CCC(N2CCN(C)CC2)CC1. The Morgan fingerprint density at radius 3 is 2.30 bits per heavy atom. The van der Waals surface area contributed by atoms with E-state index in [9.17, 15) is 4.79 Å². The molecule has 2 saturated heterocycles. The van der Waals surface area contributed by atoms with E-state index in [0.717, 1.165) is 19.6 Å². The summed E-state index contributed by atoms with van der Waals surface area (Å²) in [6.45, 7) is 9.96. The molecule has 2 aliphatic heterocycles. The zero-order chi connectivity index (χ0) is 16.8. The van der Waals surface area contributed by atoms with Gasteiger partial charge in [0.1, 0.15) is 12.6 Å². The monoisotopic (exact) mass is 326 g/mol. The number of piperidine rings is 1. The summed E-state index contributed by atoms with van der Waals surface area (Å²) in [7, 11) is 6.17. The molecular formula is C17H34N4O2. The number of carbonyl (C=O) groups excluding carboxylic acids is 1. The molecule has 0 aromatic rings. The zero-order valence-electron chi connectivity index (χ0n) is 15.3. The number of likely N-dealkylation sites (N-methyl/N-ethyl adjacent to an activating group) is 2. The van der Waals surface area contributed by atoms with Crippen molar-refractivity contribution in [3.63, 3.8) is 0 Å². The number of hydrogen-bond acceptors (Lipinski definition) is 6. The maximum Gasteiger partial charge on any atom is 0.323 e. The van der Waals surface area contributed by atoms with Gasteiger partial charge >= 0.3 is 5.97 Å². The van der Waals surface area contributed by atoms with Crippen molar-refractivity contribution < 1.29 is 9.53 Å². The molecule has 6 nitrogen and oxygen atoms in total. The predicted octanol–water partition coefficient (Wildman–Crippen LogP) is 0.192. The average Bonchev–Trinajstić information content (AvgIpc) is 2.54. The highest BCUT2D eigenvalue weighted by molar-refractivity contribution is 5.75. The summed E-state index contributed by atoms with van der Waals surface area (Å²) in [5.74, 6) is -0.0788. The first-order chi connectivity index (χ1) is 11.0. The van der Waals surface area contributed by atoms with Crippen LogP contribution in [0, 0.1) is 0 Å². The maximum atomic E-state index is 12.1. The Hall–Kier alpha value is -0.690. The molecule has 1 atom stereocenters. The number of likely N-dealkylation sites (tertiary alicyclic amines) is 1. The normalized spacial score (nSPS) is 24.0. The summed E-state index contributed by atoms with van der Waals surface area (Å²) in [6.07, 6.45) is 2.33. The van der Waals surface area contributed by atoms with E-state index < -0.39 is 0 Å². The molecular weight excluding hydrogens is 292 g/mol. The molecule has 6 heteroatoms. The average molecular weight is 326 g/mol. The van der Waals surface area contributed by atoms with Crippen LogP contribution in [0.15, 0.2) is 0 Å². The third-order valence-corrected chi connectivity index (χ3v) is 5.22. The topological polar surface area (TPSA) is 39.3 Å². The Bertz CT molecular complexity index is 362. The molecule has 0 spiro atoms. The molecule has 2 heterocycles. The van der Waals surface area contributed by atoms with Crippen LogP contribution in [0.2, 0.25) is 0 Å². The van der Waals surface area contributed by atoms with E-state index in [1.165, 1.54) is 39.0 Å². The Kier molecular flexibility index (Phi) is 7.27. The lowest BCUT2D eigenvalue weighted by Crippen LogP contribution is -2.54. The highest BCUT2D eigenvalue weighted by atomic mass is 16.5. The van der Waals surface area contributed by atoms with Gasteiger partial charge in [0.05, 0.1) is 0 Å². The van der Waals surface area contributed by atoms with Crippen LogP contribution in [0.25, 0.3) is 0 Å². The highest BCUT2D eigenvalue weighted by Gasteiger charge is 2.30. The summed E-state index contributed by atoms with van der Waals surface area (Å²) in [5.41, 5.74) is 0. The fourth-order valence-corrected chi connectivity index (χ4v) is 3.42. The molecule has 0 saturated carbocycles. The number of esters is 1. The zero-order valence-corrected chi connectivity index (χ0v) is 15.3. The van der Waals surface area contributed by atoms with Gasteiger partial charge in [-0.25, -0.2) is 0 Å². The van der Waals surface area contributed by atoms with E-state index in [0.29, 0.717) is 12.6 Å². The second-order valence-electron chi connectivity index (χ2n) is 7.25. The van der Waals surface area contributed by atoms with Crippen molar-refractivity contribution in [3.8, 4) is 0 Å². The number of ether oxygens (including phenoxy) is 1. The maximum absolute atomic E-state index is 12.1. The fraction of sp³-hybridized carbons (Fsp3) is 0.941. The summed E-state index contributed by atoms with van der Waals surface area (Å²) in [5, 5.41) is 0. The lowest BCUT2D eigenvalue weighted by Gasteiger charge is -2.43. The molecule has 0 bridgehead atoms. The second-order valence-corrected chi connectivity index (χ2v) is 7.25. The smallest absolute Gasteiger partial charge is 0.323 e. The van der Waals surface area contributed by atoms with Gasteiger partial charge in [-0.2, -0.15) is 0 Å². The van der Waals surface area contributed by atoms with E-state index in [1.54, 1.807) is 0 Å². The Labute approximate surface area is 141 Å². The van der Waals surface area contributed by atoms with E-state index in [4.69, 9.17) is 4.74 Å². The Morgan fingerprint density at radius 1 is 1.13 bits per heavy atom. The van der Waals surface area contributed by atoms with Crippen molar-refractivity contribution in [2.45, 2.75) is 31.8 Å². The third kappa shape index (κ3) is 5.71. The molecule has 0 amide bonds. The van der Waals surface area contributed by atoms with Gasteiger partial charge in [0.15, 0.2) is 0 Å². The molecule has 2 fully saturated rings. The Balaban J connectivity index is 1.69. The molecule has 0 aromatic heterocycles. The van der Waals surface area contributed by atoms with Crippen LogP contribution in [0.5, 0.6) is 0 Å². The third-order valence-electron chi connectivity index (χ3n) is 5.22. The van der Waals surface area contributed by atoms with Crippen molar-refractivity contribution in [2.24, 2.45) is 0 Å². The van der Waals surface area contributed by atoms with Crippen molar-refractivity contribution >= 4 is 5.97 Å². The lowest BCUT2D eigenvalue weighted by molar-refractivity contribution is -0.150. The van der Waals surface area contributed by atoms with Gasteiger partial charge in [-0.1, -0.05) is 0 Å². The molecule has 2 aliphatic rings. The summed E-state index contributed by atoms with van der Waals surface area (Å²) < 4.78 is 5.38. The van der Waals surface area contributed by atoms with Crippen LogP contribution in [-0.4, -0.2) is 111 Å². The summed E-state index contributed by atoms with van der Waals surface area (Å²) in [6, 6.07) is 0.572. The number of nitrogens with zero attached hydrogens (tertiary/aromatic N) is 4. The van der Waals surface area contributed by atoms with Crippen molar-refractivity contribution in [1.82, 2.24) is 19.6 Å². The van der Waals surface area contributed by atoms with Crippen LogP contribution in [-0.2, 0) is 9.53 Å². The molecule has 0 radical (unpaired) electrons. The van der Waals surface area contributed by atoms with Gasteiger partial charge in [0.25, 0.3) is 0 Å². The predicted molar refractivity (Wildman–Crippen MR) is 92.6 cm³/mol. The van der Waals surface area contributed by atoms with Crippen LogP contribution < -0.4 is 0 Å². The molecule has 23 heavy (non-hydrogen) atoms. The van der Waals surface area contributed by atoms with E-state index in [2.05, 4.69) is 21.7 Å². The molecule has 0 aromatic carbocycles.